The van der Waals surface area contributed by atoms with Gasteiger partial charge in [0.25, 0.3) is 5.91 Å². The van der Waals surface area contributed by atoms with Gasteiger partial charge in [-0.3, -0.25) is 4.79 Å². The standard InChI is InChI=1S/C23H27N3O2/c1-5-22(28-21-11-6-16(2)17(3)14-21)23(27)25-15-19-7-9-20(10-8-19)26-13-12-24-18(26)4/h6-14,22H,5,15H2,1-4H3,(H,25,27)/t22-/m0/s1. The third-order valence-corrected chi connectivity index (χ3v) is 4.93. The lowest BCUT2D eigenvalue weighted by molar-refractivity contribution is -0.128. The number of amides is 1. The molecule has 0 aliphatic carbocycles. The third kappa shape index (κ3) is 4.60. The smallest absolute Gasteiger partial charge is 0.261 e. The van der Waals surface area contributed by atoms with E-state index in [1.165, 1.54) is 5.56 Å². The Morgan fingerprint density at radius 2 is 1.86 bits per heavy atom. The van der Waals surface area contributed by atoms with Gasteiger partial charge in [-0.05, 0) is 68.1 Å². The van der Waals surface area contributed by atoms with Crippen LogP contribution in [0.3, 0.4) is 0 Å². The number of ether oxygens (including phenoxy) is 1. The Morgan fingerprint density at radius 1 is 1.11 bits per heavy atom. The topological polar surface area (TPSA) is 56.1 Å². The number of aromatic nitrogens is 2. The summed E-state index contributed by atoms with van der Waals surface area (Å²) in [6, 6.07) is 14.0. The number of carbonyl (C=O) groups is 1. The molecular formula is C23H27N3O2. The molecule has 0 bridgehead atoms. The van der Waals surface area contributed by atoms with E-state index in [-0.39, 0.29) is 5.91 Å². The summed E-state index contributed by atoms with van der Waals surface area (Å²) in [6.45, 7) is 8.48. The highest BCUT2D eigenvalue weighted by molar-refractivity contribution is 5.81. The average Bonchev–Trinajstić information content (AvgIpc) is 3.13. The molecule has 0 saturated heterocycles. The van der Waals surface area contributed by atoms with Crippen LogP contribution in [0.15, 0.2) is 54.9 Å². The summed E-state index contributed by atoms with van der Waals surface area (Å²) in [5, 5.41) is 2.98. The quantitative estimate of drug-likeness (QED) is 0.669. The van der Waals surface area contributed by atoms with Gasteiger partial charge >= 0.3 is 0 Å². The van der Waals surface area contributed by atoms with Crippen molar-refractivity contribution in [1.82, 2.24) is 14.9 Å². The third-order valence-electron chi connectivity index (χ3n) is 4.93. The van der Waals surface area contributed by atoms with Crippen molar-refractivity contribution in [2.45, 2.75) is 46.8 Å². The molecular weight excluding hydrogens is 350 g/mol. The first kappa shape index (κ1) is 19.7. The molecule has 1 aromatic heterocycles. The summed E-state index contributed by atoms with van der Waals surface area (Å²) >= 11 is 0. The van der Waals surface area contributed by atoms with E-state index in [1.54, 1.807) is 6.20 Å². The monoisotopic (exact) mass is 377 g/mol. The maximum Gasteiger partial charge on any atom is 0.261 e. The number of hydrogen-bond donors (Lipinski definition) is 1. The summed E-state index contributed by atoms with van der Waals surface area (Å²) in [4.78, 5) is 16.8. The molecule has 0 unspecified atom stereocenters. The Kier molecular flexibility index (Phi) is 6.14. The van der Waals surface area contributed by atoms with E-state index >= 15 is 0 Å². The van der Waals surface area contributed by atoms with Crippen molar-refractivity contribution in [3.8, 4) is 11.4 Å². The lowest BCUT2D eigenvalue weighted by atomic mass is 10.1. The number of aryl methyl sites for hydroxylation is 3. The first-order valence-corrected chi connectivity index (χ1v) is 9.59. The molecule has 5 nitrogen and oxygen atoms in total. The molecule has 2 aromatic carbocycles. The van der Waals surface area contributed by atoms with E-state index in [9.17, 15) is 4.79 Å². The second-order valence-electron chi connectivity index (χ2n) is 6.99. The number of rotatable bonds is 7. The Balaban J connectivity index is 1.58. The van der Waals surface area contributed by atoms with Crippen LogP contribution in [0.4, 0.5) is 0 Å². The normalized spacial score (nSPS) is 11.9. The lowest BCUT2D eigenvalue weighted by Gasteiger charge is -2.18. The van der Waals surface area contributed by atoms with Gasteiger partial charge in [-0.25, -0.2) is 4.98 Å². The molecule has 0 aliphatic rings. The number of hydrogen-bond acceptors (Lipinski definition) is 3. The number of nitrogens with zero attached hydrogens (tertiary/aromatic N) is 2. The SMILES string of the molecule is CC[C@H](Oc1ccc(C)c(C)c1)C(=O)NCc1ccc(-n2ccnc2C)cc1. The highest BCUT2D eigenvalue weighted by atomic mass is 16.5. The molecule has 0 spiro atoms. The molecule has 146 valence electrons. The summed E-state index contributed by atoms with van der Waals surface area (Å²) in [7, 11) is 0. The van der Waals surface area contributed by atoms with Crippen LogP contribution in [0.5, 0.6) is 5.75 Å². The number of benzene rings is 2. The molecule has 0 fully saturated rings. The molecule has 0 radical (unpaired) electrons. The van der Waals surface area contributed by atoms with Crippen molar-refractivity contribution in [3.63, 3.8) is 0 Å². The van der Waals surface area contributed by atoms with Crippen LogP contribution in [0.2, 0.25) is 0 Å². The van der Waals surface area contributed by atoms with Crippen molar-refractivity contribution in [2.75, 3.05) is 0 Å². The van der Waals surface area contributed by atoms with Crippen molar-refractivity contribution in [3.05, 3.63) is 77.4 Å². The molecule has 0 aliphatic heterocycles. The summed E-state index contributed by atoms with van der Waals surface area (Å²) in [6.07, 6.45) is 3.82. The average molecular weight is 377 g/mol. The maximum atomic E-state index is 12.6. The van der Waals surface area contributed by atoms with Crippen LogP contribution in [-0.2, 0) is 11.3 Å². The Morgan fingerprint density at radius 3 is 2.46 bits per heavy atom. The Bertz CT molecular complexity index is 945. The highest BCUT2D eigenvalue weighted by Gasteiger charge is 2.18. The van der Waals surface area contributed by atoms with E-state index in [0.717, 1.165) is 28.4 Å². The molecule has 1 N–H and O–H groups in total. The molecule has 1 heterocycles. The first-order chi connectivity index (χ1) is 13.5. The van der Waals surface area contributed by atoms with Gasteiger partial charge in [-0.1, -0.05) is 25.1 Å². The molecule has 3 aromatic rings. The largest absolute Gasteiger partial charge is 0.481 e. The number of imidazole rings is 1. The Labute approximate surface area is 166 Å². The fourth-order valence-electron chi connectivity index (χ4n) is 3.00. The van der Waals surface area contributed by atoms with Gasteiger partial charge in [-0.15, -0.1) is 0 Å². The van der Waals surface area contributed by atoms with Gasteiger partial charge in [0.15, 0.2) is 6.10 Å². The minimum atomic E-state index is -0.505. The van der Waals surface area contributed by atoms with E-state index in [2.05, 4.69) is 17.2 Å². The molecule has 3 rings (SSSR count). The van der Waals surface area contributed by atoms with Crippen LogP contribution < -0.4 is 10.1 Å². The predicted molar refractivity (Wildman–Crippen MR) is 111 cm³/mol. The summed E-state index contributed by atoms with van der Waals surface area (Å²) in [5.74, 6) is 1.57. The predicted octanol–water partition coefficient (Wildman–Crippen LogP) is 4.27. The van der Waals surface area contributed by atoms with E-state index in [0.29, 0.717) is 13.0 Å². The fraction of sp³-hybridized carbons (Fsp3) is 0.304. The van der Waals surface area contributed by atoms with E-state index in [1.807, 2.05) is 74.0 Å². The van der Waals surface area contributed by atoms with E-state index in [4.69, 9.17) is 4.74 Å². The molecule has 1 amide bonds. The number of nitrogens with one attached hydrogen (secondary N) is 1. The second kappa shape index (κ2) is 8.74. The zero-order chi connectivity index (χ0) is 20.1. The minimum Gasteiger partial charge on any atom is -0.481 e. The lowest BCUT2D eigenvalue weighted by Crippen LogP contribution is -2.37. The van der Waals surface area contributed by atoms with Crippen molar-refractivity contribution < 1.29 is 9.53 Å². The van der Waals surface area contributed by atoms with Crippen LogP contribution in [0, 0.1) is 20.8 Å². The summed E-state index contributed by atoms with van der Waals surface area (Å²) in [5.41, 5.74) is 4.45. The highest BCUT2D eigenvalue weighted by Crippen LogP contribution is 2.19. The summed E-state index contributed by atoms with van der Waals surface area (Å²) < 4.78 is 7.93. The van der Waals surface area contributed by atoms with Gasteiger partial charge in [0.05, 0.1) is 0 Å². The molecule has 0 saturated carbocycles. The molecule has 5 heteroatoms. The number of carbonyl (C=O) groups excluding carboxylic acids is 1. The molecule has 1 atom stereocenters. The van der Waals surface area contributed by atoms with Crippen molar-refractivity contribution >= 4 is 5.91 Å². The van der Waals surface area contributed by atoms with Gasteiger partial charge in [-0.2, -0.15) is 0 Å². The molecule has 28 heavy (non-hydrogen) atoms. The van der Waals surface area contributed by atoms with Crippen LogP contribution >= 0.6 is 0 Å². The van der Waals surface area contributed by atoms with Gasteiger partial charge in [0, 0.05) is 24.6 Å². The van der Waals surface area contributed by atoms with Gasteiger partial charge in [0.1, 0.15) is 11.6 Å². The van der Waals surface area contributed by atoms with Crippen LogP contribution in [-0.4, -0.2) is 21.6 Å². The van der Waals surface area contributed by atoms with Crippen molar-refractivity contribution in [2.24, 2.45) is 0 Å². The van der Waals surface area contributed by atoms with Crippen LogP contribution in [0.1, 0.15) is 35.9 Å². The van der Waals surface area contributed by atoms with Gasteiger partial charge in [0.2, 0.25) is 0 Å². The van der Waals surface area contributed by atoms with Crippen LogP contribution in [0.25, 0.3) is 5.69 Å². The zero-order valence-corrected chi connectivity index (χ0v) is 16.9. The first-order valence-electron chi connectivity index (χ1n) is 9.59. The van der Waals surface area contributed by atoms with Crippen molar-refractivity contribution in [1.29, 1.82) is 0 Å². The zero-order valence-electron chi connectivity index (χ0n) is 16.9. The second-order valence-corrected chi connectivity index (χ2v) is 6.99. The minimum absolute atomic E-state index is 0.102. The van der Waals surface area contributed by atoms with Gasteiger partial charge < -0.3 is 14.6 Å². The fourth-order valence-corrected chi connectivity index (χ4v) is 3.00. The Hall–Kier alpha value is -3.08. The van der Waals surface area contributed by atoms with E-state index < -0.39 is 6.10 Å². The maximum absolute atomic E-state index is 12.6.